The number of hydrogen-bond donors (Lipinski definition) is 2. The number of nitrogens with two attached hydrogens (primary N) is 1. The van der Waals surface area contributed by atoms with Crippen LogP contribution < -0.4 is 11.1 Å². The fourth-order valence-electron chi connectivity index (χ4n) is 5.20. The van der Waals surface area contributed by atoms with Crippen LogP contribution in [-0.4, -0.2) is 37.0 Å². The number of nitrogens with one attached hydrogen (secondary N) is 1. The van der Waals surface area contributed by atoms with Crippen molar-refractivity contribution >= 4 is 11.6 Å². The average Bonchev–Trinajstić information content (AvgIpc) is 2.98. The van der Waals surface area contributed by atoms with E-state index in [0.717, 1.165) is 19.5 Å². The van der Waals surface area contributed by atoms with Crippen LogP contribution in [0.25, 0.3) is 0 Å². The highest BCUT2D eigenvalue weighted by atomic mass is 16.1. The van der Waals surface area contributed by atoms with Gasteiger partial charge in [0.15, 0.2) is 0 Å². The lowest BCUT2D eigenvalue weighted by atomic mass is 9.67. The molecule has 1 aliphatic carbocycles. The maximum absolute atomic E-state index is 11.4. The third-order valence-electron chi connectivity index (χ3n) is 6.24. The first-order chi connectivity index (χ1) is 11.6. The molecule has 3 N–H and O–H groups in total. The summed E-state index contributed by atoms with van der Waals surface area (Å²) in [7, 11) is 2.19. The van der Waals surface area contributed by atoms with Gasteiger partial charge in [0.25, 0.3) is 0 Å². The SMILES string of the molecule is CN1CC(CC(C#N)C(N)=O)C[C@@H]2c3cccc4c3C(CN4)C[C@H]21. The van der Waals surface area contributed by atoms with Gasteiger partial charge in [0.1, 0.15) is 5.92 Å². The van der Waals surface area contributed by atoms with Crippen LogP contribution in [0.15, 0.2) is 18.2 Å². The fourth-order valence-corrected chi connectivity index (χ4v) is 5.20. The first-order valence-electron chi connectivity index (χ1n) is 8.84. The number of carbonyl (C=O) groups is 1. The summed E-state index contributed by atoms with van der Waals surface area (Å²) in [5, 5.41) is 12.7. The minimum absolute atomic E-state index is 0.343. The molecule has 0 aromatic heterocycles. The first-order valence-corrected chi connectivity index (χ1v) is 8.84. The molecule has 0 saturated carbocycles. The molecular formula is C19H24N4O. The van der Waals surface area contributed by atoms with Gasteiger partial charge in [-0.25, -0.2) is 0 Å². The van der Waals surface area contributed by atoms with E-state index >= 15 is 0 Å². The van der Waals surface area contributed by atoms with Crippen molar-refractivity contribution in [2.45, 2.75) is 37.1 Å². The fraction of sp³-hybridized carbons (Fsp3) is 0.579. The summed E-state index contributed by atoms with van der Waals surface area (Å²) in [5.74, 6) is 0.298. The molecular weight excluding hydrogens is 300 g/mol. The average molecular weight is 324 g/mol. The topological polar surface area (TPSA) is 82.2 Å². The van der Waals surface area contributed by atoms with Crippen molar-refractivity contribution < 1.29 is 4.79 Å². The highest BCUT2D eigenvalue weighted by Crippen LogP contribution is 2.51. The Kier molecular flexibility index (Phi) is 3.73. The Balaban J connectivity index is 1.62. The molecule has 5 nitrogen and oxygen atoms in total. The third-order valence-corrected chi connectivity index (χ3v) is 6.24. The molecule has 3 unspecified atom stereocenters. The normalized spacial score (nSPS) is 32.2. The molecule has 4 rings (SSSR count). The largest absolute Gasteiger partial charge is 0.384 e. The predicted octanol–water partition coefficient (Wildman–Crippen LogP) is 2.02. The maximum atomic E-state index is 11.4. The van der Waals surface area contributed by atoms with Crippen LogP contribution in [0.2, 0.25) is 0 Å². The molecule has 1 aromatic carbocycles. The van der Waals surface area contributed by atoms with Gasteiger partial charge >= 0.3 is 0 Å². The Morgan fingerprint density at radius 1 is 1.50 bits per heavy atom. The molecule has 0 spiro atoms. The van der Waals surface area contributed by atoms with E-state index in [2.05, 4.69) is 41.5 Å². The van der Waals surface area contributed by atoms with Gasteiger partial charge in [-0.15, -0.1) is 0 Å². The highest BCUT2D eigenvalue weighted by Gasteiger charge is 2.44. The van der Waals surface area contributed by atoms with Crippen LogP contribution in [0.1, 0.15) is 42.2 Å². The molecule has 0 radical (unpaired) electrons. The van der Waals surface area contributed by atoms with Gasteiger partial charge in [0, 0.05) is 36.7 Å². The van der Waals surface area contributed by atoms with E-state index in [1.54, 1.807) is 0 Å². The second-order valence-electron chi connectivity index (χ2n) is 7.66. The van der Waals surface area contributed by atoms with Crippen molar-refractivity contribution in [2.75, 3.05) is 25.5 Å². The number of likely N-dealkylation sites (tertiary alicyclic amines) is 1. The number of fused-ring (bicyclic) bond motifs is 2. The predicted molar refractivity (Wildman–Crippen MR) is 92.5 cm³/mol. The summed E-state index contributed by atoms with van der Waals surface area (Å²) in [6, 6.07) is 9.25. The Morgan fingerprint density at radius 3 is 3.08 bits per heavy atom. The standard InChI is InChI=1S/C19H24N4O/c1-23-10-11(5-12(8-20)19(21)24)6-15-14-3-2-4-16-18(14)13(9-22-16)7-17(15)23/h2-4,11-13,15,17,22H,5-7,9-10H2,1H3,(H2,21,24)/t11?,12?,13?,15-,17-/m1/s1. The van der Waals surface area contributed by atoms with E-state index in [0.29, 0.717) is 30.2 Å². The monoisotopic (exact) mass is 324 g/mol. The second kappa shape index (κ2) is 5.78. The molecule has 1 saturated heterocycles. The van der Waals surface area contributed by atoms with E-state index in [1.165, 1.54) is 23.2 Å². The number of likely N-dealkylation sites (N-methyl/N-ethyl adjacent to an activating group) is 1. The van der Waals surface area contributed by atoms with Crippen molar-refractivity contribution in [2.24, 2.45) is 17.6 Å². The van der Waals surface area contributed by atoms with E-state index in [9.17, 15) is 10.1 Å². The minimum Gasteiger partial charge on any atom is -0.384 e. The smallest absolute Gasteiger partial charge is 0.234 e. The number of benzene rings is 1. The number of nitrogens with zero attached hydrogens (tertiary/aromatic N) is 2. The Labute approximate surface area is 142 Å². The first kappa shape index (κ1) is 15.5. The molecule has 2 aliphatic heterocycles. The Morgan fingerprint density at radius 2 is 2.33 bits per heavy atom. The molecule has 5 atom stereocenters. The van der Waals surface area contributed by atoms with Crippen molar-refractivity contribution in [1.29, 1.82) is 5.26 Å². The number of primary amides is 1. The number of carbonyl (C=O) groups excluding carboxylic acids is 1. The molecule has 5 heteroatoms. The molecule has 24 heavy (non-hydrogen) atoms. The molecule has 1 fully saturated rings. The molecule has 126 valence electrons. The molecule has 1 aromatic rings. The molecule has 3 aliphatic rings. The lowest BCUT2D eigenvalue weighted by Crippen LogP contribution is -2.48. The van der Waals surface area contributed by atoms with Crippen LogP contribution >= 0.6 is 0 Å². The quantitative estimate of drug-likeness (QED) is 0.891. The number of rotatable bonds is 3. The summed E-state index contributed by atoms with van der Waals surface area (Å²) < 4.78 is 0. The summed E-state index contributed by atoms with van der Waals surface area (Å²) in [4.78, 5) is 13.9. The van der Waals surface area contributed by atoms with Gasteiger partial charge in [-0.2, -0.15) is 5.26 Å². The van der Waals surface area contributed by atoms with E-state index in [4.69, 9.17) is 5.73 Å². The molecule has 1 amide bonds. The number of hydrogen-bond acceptors (Lipinski definition) is 4. The van der Waals surface area contributed by atoms with Crippen molar-refractivity contribution in [3.8, 4) is 6.07 Å². The van der Waals surface area contributed by atoms with Gasteiger partial charge in [-0.05, 0) is 49.4 Å². The summed E-state index contributed by atoms with van der Waals surface area (Å²) in [5.41, 5.74) is 9.66. The van der Waals surface area contributed by atoms with E-state index in [1.807, 2.05) is 0 Å². The van der Waals surface area contributed by atoms with E-state index in [-0.39, 0.29) is 0 Å². The van der Waals surface area contributed by atoms with Crippen molar-refractivity contribution in [3.63, 3.8) is 0 Å². The summed E-state index contributed by atoms with van der Waals surface area (Å²) in [6.45, 7) is 1.99. The van der Waals surface area contributed by atoms with Crippen molar-refractivity contribution in [3.05, 3.63) is 29.3 Å². The molecule has 0 bridgehead atoms. The third kappa shape index (κ3) is 2.37. The molecule has 2 heterocycles. The zero-order valence-corrected chi connectivity index (χ0v) is 14.0. The van der Waals surface area contributed by atoms with Crippen LogP contribution in [0, 0.1) is 23.2 Å². The number of anilines is 1. The van der Waals surface area contributed by atoms with Gasteiger partial charge in [0.2, 0.25) is 5.91 Å². The lowest BCUT2D eigenvalue weighted by Gasteiger charge is -2.47. The number of nitriles is 1. The van der Waals surface area contributed by atoms with Gasteiger partial charge in [0.05, 0.1) is 6.07 Å². The van der Waals surface area contributed by atoms with Gasteiger partial charge in [-0.3, -0.25) is 4.79 Å². The lowest BCUT2D eigenvalue weighted by molar-refractivity contribution is -0.120. The number of piperidine rings is 1. The van der Waals surface area contributed by atoms with Gasteiger partial charge < -0.3 is 16.0 Å². The van der Waals surface area contributed by atoms with Crippen molar-refractivity contribution in [1.82, 2.24) is 4.90 Å². The summed E-state index contributed by atoms with van der Waals surface area (Å²) in [6.07, 6.45) is 2.82. The summed E-state index contributed by atoms with van der Waals surface area (Å²) >= 11 is 0. The highest BCUT2D eigenvalue weighted by molar-refractivity contribution is 5.79. The van der Waals surface area contributed by atoms with E-state index < -0.39 is 11.8 Å². The zero-order chi connectivity index (χ0) is 16.8. The van der Waals surface area contributed by atoms with Crippen LogP contribution in [0.5, 0.6) is 0 Å². The number of amides is 1. The van der Waals surface area contributed by atoms with Crippen LogP contribution in [0.4, 0.5) is 5.69 Å². The van der Waals surface area contributed by atoms with Crippen LogP contribution in [-0.2, 0) is 4.79 Å². The Bertz CT molecular complexity index is 710. The zero-order valence-electron chi connectivity index (χ0n) is 14.0. The minimum atomic E-state index is -0.667. The maximum Gasteiger partial charge on any atom is 0.234 e. The Hall–Kier alpha value is -2.06. The van der Waals surface area contributed by atoms with Gasteiger partial charge in [-0.1, -0.05) is 12.1 Å². The second-order valence-corrected chi connectivity index (χ2v) is 7.66. The van der Waals surface area contributed by atoms with Crippen LogP contribution in [0.3, 0.4) is 0 Å².